The van der Waals surface area contributed by atoms with E-state index in [0.717, 1.165) is 55.9 Å². The number of nitrogens with zero attached hydrogens (tertiary/aromatic N) is 3. The Balaban J connectivity index is 2.13. The van der Waals surface area contributed by atoms with Gasteiger partial charge in [0.25, 0.3) is 0 Å². The summed E-state index contributed by atoms with van der Waals surface area (Å²) >= 11 is 0. The second kappa shape index (κ2) is 7.46. The summed E-state index contributed by atoms with van der Waals surface area (Å²) in [5, 5.41) is 3.39. The molecule has 2 rings (SSSR count). The van der Waals surface area contributed by atoms with Crippen LogP contribution in [0.15, 0.2) is 6.07 Å². The first-order valence-corrected chi connectivity index (χ1v) is 8.13. The maximum Gasteiger partial charge on any atom is 0.134 e. The largest absolute Gasteiger partial charge is 0.370 e. The molecule has 4 heteroatoms. The Morgan fingerprint density at radius 2 is 2.05 bits per heavy atom. The van der Waals surface area contributed by atoms with Crippen molar-refractivity contribution in [1.82, 2.24) is 9.97 Å². The van der Waals surface area contributed by atoms with Gasteiger partial charge in [-0.3, -0.25) is 0 Å². The Bertz CT molecular complexity index is 415. The highest BCUT2D eigenvalue weighted by molar-refractivity contribution is 5.49. The summed E-state index contributed by atoms with van der Waals surface area (Å²) < 4.78 is 0. The van der Waals surface area contributed by atoms with Crippen LogP contribution in [0.2, 0.25) is 0 Å². The molecule has 0 amide bonds. The van der Waals surface area contributed by atoms with E-state index < -0.39 is 0 Å². The first-order chi connectivity index (χ1) is 9.76. The molecule has 1 fully saturated rings. The first-order valence-electron chi connectivity index (χ1n) is 8.13. The molecule has 112 valence electrons. The van der Waals surface area contributed by atoms with Crippen molar-refractivity contribution in [3.8, 4) is 0 Å². The van der Waals surface area contributed by atoms with Crippen molar-refractivity contribution in [1.29, 1.82) is 0 Å². The van der Waals surface area contributed by atoms with Crippen LogP contribution >= 0.6 is 0 Å². The van der Waals surface area contributed by atoms with Crippen LogP contribution in [-0.2, 0) is 6.42 Å². The number of hydrogen-bond acceptors (Lipinski definition) is 4. The van der Waals surface area contributed by atoms with Gasteiger partial charge in [0.2, 0.25) is 0 Å². The number of nitrogens with one attached hydrogen (secondary N) is 1. The predicted octanol–water partition coefficient (Wildman–Crippen LogP) is 3.49. The van der Waals surface area contributed by atoms with Gasteiger partial charge in [0.15, 0.2) is 0 Å². The molecule has 1 N–H and O–H groups in total. The lowest BCUT2D eigenvalue weighted by Gasteiger charge is -2.32. The molecule has 1 aromatic rings. The predicted molar refractivity (Wildman–Crippen MR) is 85.4 cm³/mol. The Kier molecular flexibility index (Phi) is 5.62. The van der Waals surface area contributed by atoms with E-state index in [-0.39, 0.29) is 0 Å². The minimum absolute atomic E-state index is 0.863. The Hall–Kier alpha value is -1.32. The van der Waals surface area contributed by atoms with Gasteiger partial charge in [0.05, 0.1) is 0 Å². The van der Waals surface area contributed by atoms with Crippen molar-refractivity contribution in [2.75, 3.05) is 29.9 Å². The van der Waals surface area contributed by atoms with Crippen LogP contribution in [0.5, 0.6) is 0 Å². The van der Waals surface area contributed by atoms with Gasteiger partial charge in [-0.25, -0.2) is 9.97 Å². The van der Waals surface area contributed by atoms with Crippen LogP contribution in [0.4, 0.5) is 11.6 Å². The third kappa shape index (κ3) is 3.84. The zero-order chi connectivity index (χ0) is 14.4. The van der Waals surface area contributed by atoms with Crippen molar-refractivity contribution in [2.45, 2.75) is 52.9 Å². The minimum atomic E-state index is 0.863. The van der Waals surface area contributed by atoms with Gasteiger partial charge < -0.3 is 10.2 Å². The number of rotatable bonds is 8. The van der Waals surface area contributed by atoms with Gasteiger partial charge in [0.1, 0.15) is 17.5 Å². The SMILES string of the molecule is CCCNc1cc(N(CC)CC2CCC2)nc(CC)n1. The van der Waals surface area contributed by atoms with Crippen molar-refractivity contribution < 1.29 is 0 Å². The summed E-state index contributed by atoms with van der Waals surface area (Å²) in [7, 11) is 0. The summed E-state index contributed by atoms with van der Waals surface area (Å²) in [6, 6.07) is 2.11. The minimum Gasteiger partial charge on any atom is -0.370 e. The smallest absolute Gasteiger partial charge is 0.134 e. The highest BCUT2D eigenvalue weighted by atomic mass is 15.2. The molecule has 0 unspecified atom stereocenters. The molecule has 1 aliphatic rings. The summed E-state index contributed by atoms with van der Waals surface area (Å²) in [5.74, 6) is 3.86. The lowest BCUT2D eigenvalue weighted by Crippen LogP contribution is -2.33. The monoisotopic (exact) mass is 276 g/mol. The van der Waals surface area contributed by atoms with Gasteiger partial charge in [-0.1, -0.05) is 20.3 Å². The van der Waals surface area contributed by atoms with E-state index >= 15 is 0 Å². The van der Waals surface area contributed by atoms with E-state index in [4.69, 9.17) is 4.98 Å². The summed E-state index contributed by atoms with van der Waals surface area (Å²) in [6.07, 6.45) is 6.15. The van der Waals surface area contributed by atoms with Crippen LogP contribution in [0, 0.1) is 5.92 Å². The van der Waals surface area contributed by atoms with Crippen LogP contribution in [0.3, 0.4) is 0 Å². The summed E-state index contributed by atoms with van der Waals surface area (Å²) in [5.41, 5.74) is 0. The Labute approximate surface area is 123 Å². The molecule has 0 saturated heterocycles. The fourth-order valence-electron chi connectivity index (χ4n) is 2.52. The van der Waals surface area contributed by atoms with Gasteiger partial charge in [-0.2, -0.15) is 0 Å². The van der Waals surface area contributed by atoms with Crippen molar-refractivity contribution in [2.24, 2.45) is 5.92 Å². The molecule has 0 radical (unpaired) electrons. The molecular formula is C16H28N4. The zero-order valence-electron chi connectivity index (χ0n) is 13.2. The molecule has 0 spiro atoms. The maximum atomic E-state index is 4.72. The average molecular weight is 276 g/mol. The van der Waals surface area contributed by atoms with Crippen LogP contribution in [0.25, 0.3) is 0 Å². The van der Waals surface area contributed by atoms with E-state index in [1.165, 1.54) is 19.3 Å². The summed E-state index contributed by atoms with van der Waals surface area (Å²) in [6.45, 7) is 9.63. The van der Waals surface area contributed by atoms with E-state index in [9.17, 15) is 0 Å². The van der Waals surface area contributed by atoms with E-state index in [1.54, 1.807) is 0 Å². The number of aromatic nitrogens is 2. The van der Waals surface area contributed by atoms with E-state index in [1.807, 2.05) is 0 Å². The highest BCUT2D eigenvalue weighted by Gasteiger charge is 2.21. The second-order valence-electron chi connectivity index (χ2n) is 5.64. The Morgan fingerprint density at radius 1 is 1.25 bits per heavy atom. The lowest BCUT2D eigenvalue weighted by molar-refractivity contribution is 0.318. The second-order valence-corrected chi connectivity index (χ2v) is 5.64. The topological polar surface area (TPSA) is 41.0 Å². The highest BCUT2D eigenvalue weighted by Crippen LogP contribution is 2.28. The van der Waals surface area contributed by atoms with Crippen molar-refractivity contribution in [3.05, 3.63) is 11.9 Å². The average Bonchev–Trinajstić information content (AvgIpc) is 2.43. The van der Waals surface area contributed by atoms with Gasteiger partial charge in [-0.05, 0) is 32.1 Å². The van der Waals surface area contributed by atoms with Gasteiger partial charge >= 0.3 is 0 Å². The molecule has 0 atom stereocenters. The normalized spacial score (nSPS) is 14.9. The number of hydrogen-bond donors (Lipinski definition) is 1. The van der Waals surface area contributed by atoms with Gasteiger partial charge in [0, 0.05) is 32.1 Å². The van der Waals surface area contributed by atoms with Crippen LogP contribution < -0.4 is 10.2 Å². The van der Waals surface area contributed by atoms with Crippen molar-refractivity contribution >= 4 is 11.6 Å². The van der Waals surface area contributed by atoms with Crippen LogP contribution in [0.1, 0.15) is 52.3 Å². The maximum absolute atomic E-state index is 4.72. The molecule has 1 aromatic heterocycles. The molecule has 1 saturated carbocycles. The molecule has 0 aliphatic heterocycles. The van der Waals surface area contributed by atoms with E-state index in [2.05, 4.69) is 42.0 Å². The fourth-order valence-corrected chi connectivity index (χ4v) is 2.52. The van der Waals surface area contributed by atoms with E-state index in [0.29, 0.717) is 0 Å². The third-order valence-electron chi connectivity index (χ3n) is 4.04. The standard InChI is InChI=1S/C16H28N4/c1-4-10-17-15-11-16(19-14(5-2)18-15)20(6-3)12-13-8-7-9-13/h11,13H,4-10,12H2,1-3H3,(H,17,18,19). The van der Waals surface area contributed by atoms with Gasteiger partial charge in [-0.15, -0.1) is 0 Å². The molecule has 0 bridgehead atoms. The summed E-state index contributed by atoms with van der Waals surface area (Å²) in [4.78, 5) is 11.7. The number of aryl methyl sites for hydroxylation is 1. The lowest BCUT2D eigenvalue weighted by atomic mass is 9.85. The molecule has 0 aromatic carbocycles. The molecule has 1 heterocycles. The fraction of sp³-hybridized carbons (Fsp3) is 0.750. The Morgan fingerprint density at radius 3 is 2.60 bits per heavy atom. The molecule has 4 nitrogen and oxygen atoms in total. The quantitative estimate of drug-likeness (QED) is 0.789. The molecule has 1 aliphatic carbocycles. The zero-order valence-corrected chi connectivity index (χ0v) is 13.2. The first kappa shape index (κ1) is 15.1. The molecular weight excluding hydrogens is 248 g/mol. The third-order valence-corrected chi connectivity index (χ3v) is 4.04. The number of anilines is 2. The van der Waals surface area contributed by atoms with Crippen LogP contribution in [-0.4, -0.2) is 29.6 Å². The van der Waals surface area contributed by atoms with Crippen molar-refractivity contribution in [3.63, 3.8) is 0 Å². The molecule has 20 heavy (non-hydrogen) atoms.